The maximum atomic E-state index is 12.7. The summed E-state index contributed by atoms with van der Waals surface area (Å²) < 4.78 is 38.2. The third-order valence-corrected chi connectivity index (χ3v) is 4.53. The van der Waals surface area contributed by atoms with Crippen molar-refractivity contribution in [2.75, 3.05) is 37.6 Å². The Morgan fingerprint density at radius 2 is 1.79 bits per heavy atom. The molecule has 1 saturated heterocycles. The van der Waals surface area contributed by atoms with E-state index >= 15 is 0 Å². The molecular weight excluding hydrogens is 385 g/mol. The summed E-state index contributed by atoms with van der Waals surface area (Å²) >= 11 is 0. The number of anilines is 1. The largest absolute Gasteiger partial charge is 0.416 e. The van der Waals surface area contributed by atoms with Crippen LogP contribution in [0.15, 0.2) is 30.5 Å². The quantitative estimate of drug-likeness (QED) is 0.818. The second kappa shape index (κ2) is 8.73. The van der Waals surface area contributed by atoms with Crippen LogP contribution in [0.1, 0.15) is 19.4 Å². The van der Waals surface area contributed by atoms with Gasteiger partial charge in [-0.05, 0) is 26.0 Å². The zero-order chi connectivity index (χ0) is 21.0. The number of benzene rings is 1. The van der Waals surface area contributed by atoms with Crippen molar-refractivity contribution < 1.29 is 18.0 Å². The number of nitrogens with zero attached hydrogens (tertiary/aromatic N) is 5. The van der Waals surface area contributed by atoms with Gasteiger partial charge in [-0.2, -0.15) is 18.3 Å². The predicted molar refractivity (Wildman–Crippen MR) is 102 cm³/mol. The number of hydrogen-bond acceptors (Lipinski definition) is 6. The third-order valence-electron chi connectivity index (χ3n) is 4.53. The highest BCUT2D eigenvalue weighted by atomic mass is 19.4. The fourth-order valence-electron chi connectivity index (χ4n) is 3.07. The number of aromatic nitrogens is 3. The molecule has 0 spiro atoms. The highest BCUT2D eigenvalue weighted by Gasteiger charge is 2.30. The first-order valence-corrected chi connectivity index (χ1v) is 9.36. The Morgan fingerprint density at radius 3 is 2.38 bits per heavy atom. The van der Waals surface area contributed by atoms with E-state index in [4.69, 9.17) is 0 Å². The number of amides is 1. The summed E-state index contributed by atoms with van der Waals surface area (Å²) in [6.07, 6.45) is -2.95. The summed E-state index contributed by atoms with van der Waals surface area (Å²) in [5, 5.41) is 10.9. The SMILES string of the molecule is CC(C)NC(=O)CN1CCN(c2nncc(-c3ccc(C(F)(F)F)cc3)n2)CC1. The molecule has 1 N–H and O–H groups in total. The molecule has 0 unspecified atom stereocenters. The lowest BCUT2D eigenvalue weighted by atomic mass is 10.1. The number of hydrogen-bond donors (Lipinski definition) is 1. The van der Waals surface area contributed by atoms with Crippen molar-refractivity contribution in [2.24, 2.45) is 0 Å². The van der Waals surface area contributed by atoms with Crippen LogP contribution in [-0.2, 0) is 11.0 Å². The van der Waals surface area contributed by atoms with Gasteiger partial charge in [0.05, 0.1) is 24.0 Å². The molecule has 29 heavy (non-hydrogen) atoms. The van der Waals surface area contributed by atoms with Crippen molar-refractivity contribution in [3.8, 4) is 11.3 Å². The summed E-state index contributed by atoms with van der Waals surface area (Å²) in [4.78, 5) is 20.4. The van der Waals surface area contributed by atoms with Crippen LogP contribution in [0.25, 0.3) is 11.3 Å². The van der Waals surface area contributed by atoms with Gasteiger partial charge in [-0.3, -0.25) is 9.69 Å². The van der Waals surface area contributed by atoms with Gasteiger partial charge in [0.15, 0.2) is 0 Å². The van der Waals surface area contributed by atoms with Crippen molar-refractivity contribution in [3.05, 3.63) is 36.0 Å². The minimum Gasteiger partial charge on any atom is -0.353 e. The normalized spacial score (nSPS) is 15.6. The molecule has 1 aliphatic heterocycles. The molecular formula is C19H23F3N6O. The number of alkyl halides is 3. The van der Waals surface area contributed by atoms with Gasteiger partial charge in [0.2, 0.25) is 11.9 Å². The van der Waals surface area contributed by atoms with E-state index in [1.807, 2.05) is 18.7 Å². The molecule has 2 aromatic rings. The van der Waals surface area contributed by atoms with Gasteiger partial charge < -0.3 is 10.2 Å². The second-order valence-electron chi connectivity index (χ2n) is 7.20. The Morgan fingerprint density at radius 1 is 1.14 bits per heavy atom. The molecule has 1 amide bonds. The summed E-state index contributed by atoms with van der Waals surface area (Å²) in [5.74, 6) is 0.421. The third kappa shape index (κ3) is 5.63. The van der Waals surface area contributed by atoms with Crippen molar-refractivity contribution in [3.63, 3.8) is 0 Å². The molecule has 7 nitrogen and oxygen atoms in total. The molecule has 0 saturated carbocycles. The monoisotopic (exact) mass is 408 g/mol. The van der Waals surface area contributed by atoms with E-state index in [1.54, 1.807) is 0 Å². The average molecular weight is 408 g/mol. The van der Waals surface area contributed by atoms with Crippen LogP contribution in [0.2, 0.25) is 0 Å². The molecule has 1 aliphatic rings. The Balaban J connectivity index is 1.63. The van der Waals surface area contributed by atoms with Crippen molar-refractivity contribution >= 4 is 11.9 Å². The van der Waals surface area contributed by atoms with Gasteiger partial charge in [-0.15, -0.1) is 5.10 Å². The average Bonchev–Trinajstić information content (AvgIpc) is 2.67. The van der Waals surface area contributed by atoms with E-state index < -0.39 is 11.7 Å². The van der Waals surface area contributed by atoms with E-state index in [-0.39, 0.29) is 11.9 Å². The molecule has 0 bridgehead atoms. The zero-order valence-corrected chi connectivity index (χ0v) is 16.3. The summed E-state index contributed by atoms with van der Waals surface area (Å²) in [7, 11) is 0. The number of halogens is 3. The molecule has 3 rings (SSSR count). The number of nitrogens with one attached hydrogen (secondary N) is 1. The molecule has 10 heteroatoms. The predicted octanol–water partition coefficient (Wildman–Crippen LogP) is 2.20. The molecule has 1 aromatic carbocycles. The first-order chi connectivity index (χ1) is 13.7. The van der Waals surface area contributed by atoms with E-state index in [0.29, 0.717) is 49.9 Å². The van der Waals surface area contributed by atoms with Gasteiger partial charge >= 0.3 is 6.18 Å². The topological polar surface area (TPSA) is 74.2 Å². The van der Waals surface area contributed by atoms with Crippen LogP contribution in [0.4, 0.5) is 19.1 Å². The zero-order valence-electron chi connectivity index (χ0n) is 16.3. The van der Waals surface area contributed by atoms with Crippen LogP contribution in [0.5, 0.6) is 0 Å². The molecule has 0 radical (unpaired) electrons. The maximum Gasteiger partial charge on any atom is 0.416 e. The van der Waals surface area contributed by atoms with Gasteiger partial charge in [0.25, 0.3) is 0 Å². The molecule has 0 aliphatic carbocycles. The molecule has 0 atom stereocenters. The Hall–Kier alpha value is -2.75. The van der Waals surface area contributed by atoms with E-state index in [1.165, 1.54) is 18.3 Å². The van der Waals surface area contributed by atoms with Crippen LogP contribution >= 0.6 is 0 Å². The highest BCUT2D eigenvalue weighted by molar-refractivity contribution is 5.78. The minimum atomic E-state index is -4.38. The lowest BCUT2D eigenvalue weighted by Crippen LogP contribution is -2.50. The molecule has 156 valence electrons. The standard InChI is InChI=1S/C19H23F3N6O/c1-13(2)24-17(29)12-27-7-9-28(10-8-27)18-25-16(11-23-26-18)14-3-5-15(6-4-14)19(20,21)22/h3-6,11,13H,7-10,12H2,1-2H3,(H,24,29). The van der Waals surface area contributed by atoms with Crippen LogP contribution in [0.3, 0.4) is 0 Å². The lowest BCUT2D eigenvalue weighted by Gasteiger charge is -2.34. The van der Waals surface area contributed by atoms with E-state index in [2.05, 4.69) is 25.4 Å². The second-order valence-corrected chi connectivity index (χ2v) is 7.20. The maximum absolute atomic E-state index is 12.7. The summed E-state index contributed by atoms with van der Waals surface area (Å²) in [5.41, 5.74) is 0.293. The summed E-state index contributed by atoms with van der Waals surface area (Å²) in [6, 6.07) is 4.91. The number of carbonyl (C=O) groups is 1. The van der Waals surface area contributed by atoms with Gasteiger partial charge in [0, 0.05) is 37.8 Å². The van der Waals surface area contributed by atoms with E-state index in [0.717, 1.165) is 12.1 Å². The van der Waals surface area contributed by atoms with Crippen LogP contribution in [-0.4, -0.2) is 64.8 Å². The molecule has 1 fully saturated rings. The first-order valence-electron chi connectivity index (χ1n) is 9.36. The Labute approximate surface area is 166 Å². The molecule has 2 heterocycles. The first kappa shape index (κ1) is 21.0. The minimum absolute atomic E-state index is 0.00401. The molecule has 1 aromatic heterocycles. The lowest BCUT2D eigenvalue weighted by molar-refractivity contribution is -0.137. The fourth-order valence-corrected chi connectivity index (χ4v) is 3.07. The highest BCUT2D eigenvalue weighted by Crippen LogP contribution is 2.30. The van der Waals surface area contributed by atoms with Gasteiger partial charge in [0.1, 0.15) is 0 Å². The van der Waals surface area contributed by atoms with E-state index in [9.17, 15) is 18.0 Å². The van der Waals surface area contributed by atoms with Crippen molar-refractivity contribution in [2.45, 2.75) is 26.1 Å². The van der Waals surface area contributed by atoms with Gasteiger partial charge in [-0.1, -0.05) is 12.1 Å². The van der Waals surface area contributed by atoms with Crippen LogP contribution < -0.4 is 10.2 Å². The summed E-state index contributed by atoms with van der Waals surface area (Å²) in [6.45, 7) is 6.81. The number of rotatable bonds is 5. The van der Waals surface area contributed by atoms with Crippen molar-refractivity contribution in [1.82, 2.24) is 25.4 Å². The van der Waals surface area contributed by atoms with Crippen molar-refractivity contribution in [1.29, 1.82) is 0 Å². The number of piperazine rings is 1. The van der Waals surface area contributed by atoms with Gasteiger partial charge in [-0.25, -0.2) is 4.98 Å². The smallest absolute Gasteiger partial charge is 0.353 e. The fraction of sp³-hybridized carbons (Fsp3) is 0.474. The Bertz CT molecular complexity index is 833. The Kier molecular flexibility index (Phi) is 6.31. The number of carbonyl (C=O) groups excluding carboxylic acids is 1. The van der Waals surface area contributed by atoms with Crippen LogP contribution in [0, 0.1) is 0 Å².